The highest BCUT2D eigenvalue weighted by molar-refractivity contribution is 7.91. The van der Waals surface area contributed by atoms with Gasteiger partial charge in [0.2, 0.25) is 5.91 Å². The van der Waals surface area contributed by atoms with Crippen LogP contribution in [-0.2, 0) is 21.2 Å². The molecule has 1 N–H and O–H groups in total. The van der Waals surface area contributed by atoms with E-state index in [0.717, 1.165) is 11.3 Å². The lowest BCUT2D eigenvalue weighted by Gasteiger charge is -2.27. The highest BCUT2D eigenvalue weighted by Gasteiger charge is 2.33. The molecule has 0 saturated carbocycles. The molecule has 1 atom stereocenters. The van der Waals surface area contributed by atoms with Gasteiger partial charge in [0.15, 0.2) is 9.84 Å². The summed E-state index contributed by atoms with van der Waals surface area (Å²) in [6, 6.07) is 7.52. The molecule has 1 saturated heterocycles. The van der Waals surface area contributed by atoms with E-state index in [1.807, 2.05) is 43.0 Å². The van der Waals surface area contributed by atoms with E-state index in [1.54, 1.807) is 7.11 Å². The number of sulfone groups is 1. The van der Waals surface area contributed by atoms with Crippen molar-refractivity contribution in [3.63, 3.8) is 0 Å². The second-order valence-electron chi connectivity index (χ2n) is 7.01. The fourth-order valence-electron chi connectivity index (χ4n) is 2.90. The van der Waals surface area contributed by atoms with Crippen molar-refractivity contribution in [2.24, 2.45) is 5.92 Å². The zero-order valence-corrected chi connectivity index (χ0v) is 16.0. The molecule has 0 aromatic heterocycles. The Kier molecular flexibility index (Phi) is 6.84. The first-order valence-corrected chi connectivity index (χ1v) is 10.5. The van der Waals surface area contributed by atoms with E-state index >= 15 is 0 Å². The number of methoxy groups -OCH3 is 1. The smallest absolute Gasteiger partial charge is 0.234 e. The third-order valence-corrected chi connectivity index (χ3v) is 6.07. The molecule has 0 aliphatic carbocycles. The van der Waals surface area contributed by atoms with Crippen LogP contribution >= 0.6 is 0 Å². The van der Waals surface area contributed by atoms with Crippen LogP contribution in [0.1, 0.15) is 25.8 Å². The Bertz CT molecular complexity index is 671. The average molecular weight is 368 g/mol. The number of carbonyl (C=O) groups is 1. The van der Waals surface area contributed by atoms with Crippen LogP contribution < -0.4 is 10.1 Å². The molecule has 0 radical (unpaired) electrons. The van der Waals surface area contributed by atoms with Crippen LogP contribution in [0.25, 0.3) is 0 Å². The number of benzene rings is 1. The van der Waals surface area contributed by atoms with E-state index in [2.05, 4.69) is 5.32 Å². The largest absolute Gasteiger partial charge is 0.497 e. The van der Waals surface area contributed by atoms with Crippen molar-refractivity contribution < 1.29 is 17.9 Å². The third-order valence-electron chi connectivity index (χ3n) is 4.32. The van der Waals surface area contributed by atoms with Gasteiger partial charge in [-0.25, -0.2) is 8.42 Å². The Hall–Kier alpha value is -1.60. The minimum Gasteiger partial charge on any atom is -0.497 e. The molecule has 1 aromatic carbocycles. The summed E-state index contributed by atoms with van der Waals surface area (Å²) >= 11 is 0. The van der Waals surface area contributed by atoms with Gasteiger partial charge in [-0.3, -0.25) is 9.69 Å². The van der Waals surface area contributed by atoms with E-state index in [4.69, 9.17) is 4.74 Å². The molecule has 2 rings (SSSR count). The summed E-state index contributed by atoms with van der Waals surface area (Å²) < 4.78 is 28.8. The van der Waals surface area contributed by atoms with Gasteiger partial charge in [-0.05, 0) is 30.0 Å². The maximum Gasteiger partial charge on any atom is 0.234 e. The second kappa shape index (κ2) is 8.67. The molecule has 140 valence electrons. The van der Waals surface area contributed by atoms with Crippen molar-refractivity contribution in [1.82, 2.24) is 10.2 Å². The minimum absolute atomic E-state index is 0.0634. The number of nitrogens with zero attached hydrogens (tertiary/aromatic N) is 1. The predicted octanol–water partition coefficient (Wildman–Crippen LogP) is 1.46. The van der Waals surface area contributed by atoms with Crippen LogP contribution in [0.4, 0.5) is 0 Å². The number of rotatable bonds is 8. The van der Waals surface area contributed by atoms with Crippen LogP contribution in [0.3, 0.4) is 0 Å². The predicted molar refractivity (Wildman–Crippen MR) is 98.3 cm³/mol. The molecule has 1 amide bonds. The molecule has 25 heavy (non-hydrogen) atoms. The Morgan fingerprint density at radius 2 is 2.00 bits per heavy atom. The van der Waals surface area contributed by atoms with E-state index in [9.17, 15) is 13.2 Å². The van der Waals surface area contributed by atoms with E-state index in [-0.39, 0.29) is 30.0 Å². The molecule has 1 aromatic rings. The molecule has 1 fully saturated rings. The summed E-state index contributed by atoms with van der Waals surface area (Å²) in [7, 11) is -1.38. The number of hydrogen-bond donors (Lipinski definition) is 1. The highest BCUT2D eigenvalue weighted by Crippen LogP contribution is 2.21. The van der Waals surface area contributed by atoms with Crippen LogP contribution in [0.15, 0.2) is 24.3 Å². The van der Waals surface area contributed by atoms with Gasteiger partial charge in [0.25, 0.3) is 0 Å². The van der Waals surface area contributed by atoms with Gasteiger partial charge < -0.3 is 10.1 Å². The number of hydrogen-bond acceptors (Lipinski definition) is 5. The number of nitrogens with one attached hydrogen (secondary N) is 1. The second-order valence-corrected chi connectivity index (χ2v) is 9.24. The normalized spacial score (nSPS) is 19.3. The molecule has 6 nitrogen and oxygen atoms in total. The lowest BCUT2D eigenvalue weighted by atomic mass is 10.1. The van der Waals surface area contributed by atoms with E-state index in [1.165, 1.54) is 0 Å². The van der Waals surface area contributed by atoms with E-state index < -0.39 is 9.84 Å². The van der Waals surface area contributed by atoms with Crippen molar-refractivity contribution in [2.75, 3.05) is 31.7 Å². The van der Waals surface area contributed by atoms with Gasteiger partial charge in [0.05, 0.1) is 25.2 Å². The molecule has 1 unspecified atom stereocenters. The number of ether oxygens (including phenoxy) is 1. The molecule has 0 bridgehead atoms. The first-order chi connectivity index (χ1) is 11.8. The van der Waals surface area contributed by atoms with Gasteiger partial charge in [-0.1, -0.05) is 26.0 Å². The third kappa shape index (κ3) is 6.32. The summed E-state index contributed by atoms with van der Waals surface area (Å²) in [5.41, 5.74) is 1.03. The zero-order valence-electron chi connectivity index (χ0n) is 15.2. The summed E-state index contributed by atoms with van der Waals surface area (Å²) in [5.74, 6) is 1.41. The van der Waals surface area contributed by atoms with Crippen molar-refractivity contribution in [3.05, 3.63) is 29.8 Å². The molecular weight excluding hydrogens is 340 g/mol. The fraction of sp³-hybridized carbons (Fsp3) is 0.611. The highest BCUT2D eigenvalue weighted by atomic mass is 32.2. The van der Waals surface area contributed by atoms with Crippen LogP contribution in [0.2, 0.25) is 0 Å². The summed E-state index contributed by atoms with van der Waals surface area (Å²) in [6.07, 6.45) is 0.579. The first-order valence-electron chi connectivity index (χ1n) is 8.63. The Morgan fingerprint density at radius 3 is 2.52 bits per heavy atom. The molecular formula is C18H28N2O4S. The van der Waals surface area contributed by atoms with Crippen LogP contribution in [0.5, 0.6) is 5.75 Å². The lowest BCUT2D eigenvalue weighted by molar-refractivity contribution is -0.123. The monoisotopic (exact) mass is 368 g/mol. The van der Waals surface area contributed by atoms with Gasteiger partial charge in [0, 0.05) is 19.1 Å². The maximum absolute atomic E-state index is 12.2. The van der Waals surface area contributed by atoms with Crippen LogP contribution in [-0.4, -0.2) is 57.0 Å². The van der Waals surface area contributed by atoms with Gasteiger partial charge in [-0.2, -0.15) is 0 Å². The molecule has 1 heterocycles. The topological polar surface area (TPSA) is 75.7 Å². The standard InChI is InChI=1S/C18H28N2O4S/c1-14(2)10-19-18(21)12-20(16-8-9-25(22,23)13-16)11-15-4-6-17(24-3)7-5-15/h4-7,14,16H,8-13H2,1-3H3,(H,19,21). The van der Waals surface area contributed by atoms with Gasteiger partial charge >= 0.3 is 0 Å². The van der Waals surface area contributed by atoms with Gasteiger partial charge in [-0.15, -0.1) is 0 Å². The lowest BCUT2D eigenvalue weighted by Crippen LogP contribution is -2.43. The van der Waals surface area contributed by atoms with E-state index in [0.29, 0.717) is 25.4 Å². The summed E-state index contributed by atoms with van der Waals surface area (Å²) in [6.45, 7) is 5.45. The van der Waals surface area contributed by atoms with Crippen molar-refractivity contribution in [3.8, 4) is 5.75 Å². The maximum atomic E-state index is 12.2. The Morgan fingerprint density at radius 1 is 1.32 bits per heavy atom. The minimum atomic E-state index is -3.00. The number of carbonyl (C=O) groups excluding carboxylic acids is 1. The molecule has 1 aliphatic rings. The molecule has 1 aliphatic heterocycles. The molecule has 0 spiro atoms. The number of amides is 1. The quantitative estimate of drug-likeness (QED) is 0.752. The molecule has 7 heteroatoms. The summed E-state index contributed by atoms with van der Waals surface area (Å²) in [5, 5.41) is 2.91. The zero-order chi connectivity index (χ0) is 18.4. The van der Waals surface area contributed by atoms with Crippen molar-refractivity contribution in [2.45, 2.75) is 32.9 Å². The Balaban J connectivity index is 2.06. The van der Waals surface area contributed by atoms with Crippen molar-refractivity contribution >= 4 is 15.7 Å². The average Bonchev–Trinajstić information content (AvgIpc) is 2.93. The van der Waals surface area contributed by atoms with Gasteiger partial charge in [0.1, 0.15) is 5.75 Å². The summed E-state index contributed by atoms with van der Waals surface area (Å²) in [4.78, 5) is 14.2. The van der Waals surface area contributed by atoms with Crippen LogP contribution in [0, 0.1) is 5.92 Å². The Labute approximate surface area is 150 Å². The fourth-order valence-corrected chi connectivity index (χ4v) is 4.66. The SMILES string of the molecule is COc1ccc(CN(CC(=O)NCC(C)C)C2CCS(=O)(=O)C2)cc1. The first kappa shape index (κ1) is 19.7. The van der Waals surface area contributed by atoms with Crippen molar-refractivity contribution in [1.29, 1.82) is 0 Å².